The van der Waals surface area contributed by atoms with Gasteiger partial charge in [-0.2, -0.15) is 5.10 Å². The molecule has 21 heavy (non-hydrogen) atoms. The predicted molar refractivity (Wildman–Crippen MR) is 88.5 cm³/mol. The molecule has 1 unspecified atom stereocenters. The Balaban J connectivity index is 1.93. The van der Waals surface area contributed by atoms with Gasteiger partial charge in [-0.15, -0.1) is 0 Å². The number of halogens is 1. The second-order valence-corrected chi connectivity index (χ2v) is 6.44. The first-order valence-corrected chi connectivity index (χ1v) is 8.60. The maximum atomic E-state index is 5.08. The Labute approximate surface area is 136 Å². The van der Waals surface area contributed by atoms with Crippen molar-refractivity contribution in [2.75, 3.05) is 33.4 Å². The lowest BCUT2D eigenvalue weighted by atomic mass is 10.2. The molecule has 2 rings (SSSR count). The number of likely N-dealkylation sites (tertiary alicyclic amines) is 1. The summed E-state index contributed by atoms with van der Waals surface area (Å²) in [4.78, 5) is 2.57. The molecule has 5 nitrogen and oxygen atoms in total. The van der Waals surface area contributed by atoms with Crippen LogP contribution < -0.4 is 5.32 Å². The topological polar surface area (TPSA) is 42.3 Å². The molecule has 0 saturated carbocycles. The standard InChI is InChI=1S/C15H27BrN4O/c1-4-13-15(16)14(19(2)18-13)11-20-8-5-6-12(20)10-17-7-9-21-3/h12,17H,4-11H2,1-3H3. The first kappa shape index (κ1) is 16.9. The van der Waals surface area contributed by atoms with Crippen LogP contribution >= 0.6 is 15.9 Å². The minimum Gasteiger partial charge on any atom is -0.383 e. The summed E-state index contributed by atoms with van der Waals surface area (Å²) in [6, 6.07) is 0.619. The number of nitrogens with one attached hydrogen (secondary N) is 1. The molecule has 0 amide bonds. The number of aromatic nitrogens is 2. The fraction of sp³-hybridized carbons (Fsp3) is 0.800. The second-order valence-electron chi connectivity index (χ2n) is 5.65. The van der Waals surface area contributed by atoms with E-state index in [-0.39, 0.29) is 0 Å². The monoisotopic (exact) mass is 358 g/mol. The van der Waals surface area contributed by atoms with Gasteiger partial charge in [0.1, 0.15) is 0 Å². The van der Waals surface area contributed by atoms with Crippen LogP contribution in [0.25, 0.3) is 0 Å². The minimum absolute atomic E-state index is 0.619. The highest BCUT2D eigenvalue weighted by molar-refractivity contribution is 9.10. The van der Waals surface area contributed by atoms with Gasteiger partial charge in [-0.1, -0.05) is 6.92 Å². The van der Waals surface area contributed by atoms with Gasteiger partial charge in [0.05, 0.1) is 22.5 Å². The smallest absolute Gasteiger partial charge is 0.0767 e. The number of hydrogen-bond acceptors (Lipinski definition) is 4. The molecule has 0 bridgehead atoms. The van der Waals surface area contributed by atoms with E-state index in [4.69, 9.17) is 4.74 Å². The summed E-state index contributed by atoms with van der Waals surface area (Å²) in [5, 5.41) is 8.08. The zero-order valence-corrected chi connectivity index (χ0v) is 14.9. The molecule has 0 aromatic carbocycles. The first-order valence-electron chi connectivity index (χ1n) is 7.81. The highest BCUT2D eigenvalue weighted by Crippen LogP contribution is 2.26. The summed E-state index contributed by atoms with van der Waals surface area (Å²) < 4.78 is 8.29. The highest BCUT2D eigenvalue weighted by atomic mass is 79.9. The van der Waals surface area contributed by atoms with Crippen LogP contribution in [0.4, 0.5) is 0 Å². The molecule has 1 aromatic rings. The molecule has 120 valence electrons. The number of methoxy groups -OCH3 is 1. The third-order valence-corrected chi connectivity index (χ3v) is 5.13. The van der Waals surface area contributed by atoms with Crippen molar-refractivity contribution >= 4 is 15.9 Å². The van der Waals surface area contributed by atoms with Crippen LogP contribution in [0, 0.1) is 0 Å². The van der Waals surface area contributed by atoms with E-state index in [1.54, 1.807) is 7.11 Å². The largest absolute Gasteiger partial charge is 0.383 e. The van der Waals surface area contributed by atoms with Gasteiger partial charge >= 0.3 is 0 Å². The third-order valence-electron chi connectivity index (χ3n) is 4.22. The summed E-state index contributed by atoms with van der Waals surface area (Å²) in [6.07, 6.45) is 3.53. The fourth-order valence-electron chi connectivity index (χ4n) is 2.96. The zero-order chi connectivity index (χ0) is 15.2. The Morgan fingerprint density at radius 1 is 1.48 bits per heavy atom. The van der Waals surface area contributed by atoms with Gasteiger partial charge in [-0.25, -0.2) is 0 Å². The second kappa shape index (κ2) is 8.27. The van der Waals surface area contributed by atoms with Crippen molar-refractivity contribution in [3.63, 3.8) is 0 Å². The highest BCUT2D eigenvalue weighted by Gasteiger charge is 2.26. The molecule has 6 heteroatoms. The molecule has 1 aliphatic heterocycles. The molecule has 1 fully saturated rings. The SMILES string of the molecule is CCc1nn(C)c(CN2CCCC2CNCCOC)c1Br. The Morgan fingerprint density at radius 3 is 2.95 bits per heavy atom. The number of rotatable bonds is 8. The molecule has 0 radical (unpaired) electrons. The molecule has 1 aromatic heterocycles. The van der Waals surface area contributed by atoms with Crippen molar-refractivity contribution < 1.29 is 4.74 Å². The number of hydrogen-bond donors (Lipinski definition) is 1. The van der Waals surface area contributed by atoms with Gasteiger partial charge < -0.3 is 10.1 Å². The molecule has 0 spiro atoms. The minimum atomic E-state index is 0.619. The van der Waals surface area contributed by atoms with Crippen molar-refractivity contribution in [1.82, 2.24) is 20.0 Å². The van der Waals surface area contributed by atoms with E-state index in [2.05, 4.69) is 38.2 Å². The fourth-order valence-corrected chi connectivity index (χ4v) is 3.70. The van der Waals surface area contributed by atoms with E-state index in [0.29, 0.717) is 6.04 Å². The first-order chi connectivity index (χ1) is 10.2. The summed E-state index contributed by atoms with van der Waals surface area (Å²) >= 11 is 3.72. The predicted octanol–water partition coefficient (Wildman–Crippen LogP) is 1.95. The lowest BCUT2D eigenvalue weighted by Crippen LogP contribution is -2.38. The van der Waals surface area contributed by atoms with E-state index >= 15 is 0 Å². The van der Waals surface area contributed by atoms with Gasteiger partial charge in [0.25, 0.3) is 0 Å². The van der Waals surface area contributed by atoms with Crippen molar-refractivity contribution in [2.24, 2.45) is 7.05 Å². The molecular formula is C15H27BrN4O. The van der Waals surface area contributed by atoms with E-state index in [1.807, 2.05) is 11.7 Å². The maximum Gasteiger partial charge on any atom is 0.0767 e. The summed E-state index contributed by atoms with van der Waals surface area (Å²) in [5.74, 6) is 0. The van der Waals surface area contributed by atoms with Gasteiger partial charge in [0.2, 0.25) is 0 Å². The van der Waals surface area contributed by atoms with Crippen LogP contribution in [0.5, 0.6) is 0 Å². The average molecular weight is 359 g/mol. The normalized spacial score (nSPS) is 19.5. The molecule has 1 N–H and O–H groups in total. The molecule has 1 saturated heterocycles. The van der Waals surface area contributed by atoms with E-state index in [0.717, 1.165) is 38.4 Å². The Bertz CT molecular complexity index is 449. The van der Waals surface area contributed by atoms with Crippen LogP contribution in [0.1, 0.15) is 31.2 Å². The molecule has 1 atom stereocenters. The van der Waals surface area contributed by atoms with Gasteiger partial charge in [-0.3, -0.25) is 9.58 Å². The van der Waals surface area contributed by atoms with Crippen molar-refractivity contribution in [3.8, 4) is 0 Å². The number of aryl methyl sites for hydroxylation is 2. The maximum absolute atomic E-state index is 5.08. The van der Waals surface area contributed by atoms with Crippen molar-refractivity contribution in [1.29, 1.82) is 0 Å². The Morgan fingerprint density at radius 2 is 2.29 bits per heavy atom. The van der Waals surface area contributed by atoms with Gasteiger partial charge in [0, 0.05) is 39.8 Å². The summed E-state index contributed by atoms with van der Waals surface area (Å²) in [6.45, 7) is 7.04. The van der Waals surface area contributed by atoms with Crippen LogP contribution in [-0.2, 0) is 24.8 Å². The lowest BCUT2D eigenvalue weighted by molar-refractivity contribution is 0.190. The van der Waals surface area contributed by atoms with E-state index < -0.39 is 0 Å². The molecule has 0 aliphatic carbocycles. The van der Waals surface area contributed by atoms with Crippen LogP contribution in [0.3, 0.4) is 0 Å². The lowest BCUT2D eigenvalue weighted by Gasteiger charge is -2.25. The number of nitrogens with zero attached hydrogens (tertiary/aromatic N) is 3. The Hall–Kier alpha value is -0.430. The Kier molecular flexibility index (Phi) is 6.67. The third kappa shape index (κ3) is 4.28. The zero-order valence-electron chi connectivity index (χ0n) is 13.4. The van der Waals surface area contributed by atoms with Crippen LogP contribution in [-0.4, -0.2) is 54.1 Å². The van der Waals surface area contributed by atoms with Gasteiger partial charge in [-0.05, 0) is 41.7 Å². The van der Waals surface area contributed by atoms with Crippen LogP contribution in [0.2, 0.25) is 0 Å². The van der Waals surface area contributed by atoms with Gasteiger partial charge in [0.15, 0.2) is 0 Å². The van der Waals surface area contributed by atoms with Crippen molar-refractivity contribution in [2.45, 2.75) is 38.8 Å². The van der Waals surface area contributed by atoms with E-state index in [9.17, 15) is 0 Å². The molecule has 2 heterocycles. The van der Waals surface area contributed by atoms with Crippen LogP contribution in [0.15, 0.2) is 4.47 Å². The quantitative estimate of drug-likeness (QED) is 0.721. The average Bonchev–Trinajstić information content (AvgIpc) is 3.03. The summed E-state index contributed by atoms with van der Waals surface area (Å²) in [5.41, 5.74) is 2.44. The van der Waals surface area contributed by atoms with Crippen molar-refractivity contribution in [3.05, 3.63) is 15.9 Å². The van der Waals surface area contributed by atoms with E-state index in [1.165, 1.54) is 29.6 Å². The summed E-state index contributed by atoms with van der Waals surface area (Å²) in [7, 11) is 3.79. The number of ether oxygens (including phenoxy) is 1. The molecule has 1 aliphatic rings. The molecular weight excluding hydrogens is 332 g/mol.